The Balaban J connectivity index is 1.36. The number of carbonyl (C=O) groups is 1. The first kappa shape index (κ1) is 18.0. The van der Waals surface area contributed by atoms with Crippen molar-refractivity contribution in [2.24, 2.45) is 0 Å². The third-order valence-electron chi connectivity index (χ3n) is 4.34. The second kappa shape index (κ2) is 8.08. The van der Waals surface area contributed by atoms with Crippen LogP contribution in [0, 0.1) is 5.82 Å². The largest absolute Gasteiger partial charge is 0.489 e. The lowest BCUT2D eigenvalue weighted by Crippen LogP contribution is -2.13. The molecular formula is C22H20FN3O2. The number of rotatable bonds is 7. The molecule has 1 heterocycles. The van der Waals surface area contributed by atoms with Crippen molar-refractivity contribution in [1.82, 2.24) is 4.98 Å². The summed E-state index contributed by atoms with van der Waals surface area (Å²) in [5.41, 5.74) is 2.01. The minimum absolute atomic E-state index is 0.228. The lowest BCUT2D eigenvalue weighted by molar-refractivity contribution is 0.102. The maximum absolute atomic E-state index is 13.2. The van der Waals surface area contributed by atoms with Gasteiger partial charge in [0.2, 0.25) is 0 Å². The summed E-state index contributed by atoms with van der Waals surface area (Å²) < 4.78 is 18.8. The van der Waals surface area contributed by atoms with Crippen molar-refractivity contribution in [2.75, 3.05) is 10.6 Å². The molecule has 0 saturated heterocycles. The zero-order valence-electron chi connectivity index (χ0n) is 15.2. The lowest BCUT2D eigenvalue weighted by atomic mass is 10.2. The van der Waals surface area contributed by atoms with E-state index >= 15 is 0 Å². The van der Waals surface area contributed by atoms with Crippen LogP contribution in [0.5, 0.6) is 5.75 Å². The summed E-state index contributed by atoms with van der Waals surface area (Å²) in [6, 6.07) is 17.4. The van der Waals surface area contributed by atoms with Crippen LogP contribution in [0.15, 0.2) is 66.9 Å². The summed E-state index contributed by atoms with van der Waals surface area (Å²) in [6.07, 6.45) is 3.91. The first-order chi connectivity index (χ1) is 13.7. The molecule has 3 aromatic rings. The summed E-state index contributed by atoms with van der Waals surface area (Å²) in [5, 5.41) is 6.15. The van der Waals surface area contributed by atoms with Crippen LogP contribution in [0.2, 0.25) is 0 Å². The second-order valence-corrected chi connectivity index (χ2v) is 6.75. The molecule has 142 valence electrons. The topological polar surface area (TPSA) is 63.2 Å². The molecule has 0 bridgehead atoms. The average molecular weight is 377 g/mol. The van der Waals surface area contributed by atoms with E-state index in [1.54, 1.807) is 30.5 Å². The Morgan fingerprint density at radius 2 is 1.96 bits per heavy atom. The van der Waals surface area contributed by atoms with E-state index < -0.39 is 0 Å². The molecule has 0 spiro atoms. The predicted octanol–water partition coefficient (Wildman–Crippen LogP) is 4.63. The van der Waals surface area contributed by atoms with Crippen LogP contribution in [0.3, 0.4) is 0 Å². The number of ether oxygens (including phenoxy) is 1. The number of anilines is 2. The highest BCUT2D eigenvalue weighted by Gasteiger charge is 2.21. The van der Waals surface area contributed by atoms with Gasteiger partial charge in [0.15, 0.2) is 0 Å². The number of halogens is 1. The first-order valence-electron chi connectivity index (χ1n) is 9.17. The number of carbonyl (C=O) groups excluding carboxylic acids is 1. The summed E-state index contributed by atoms with van der Waals surface area (Å²) in [7, 11) is 0. The van der Waals surface area contributed by atoms with Crippen LogP contribution in [-0.4, -0.2) is 16.9 Å². The molecule has 0 radical (unpaired) electrons. The number of aromatic nitrogens is 1. The van der Waals surface area contributed by atoms with E-state index in [2.05, 4.69) is 15.6 Å². The number of amides is 1. The second-order valence-electron chi connectivity index (χ2n) is 6.75. The van der Waals surface area contributed by atoms with Gasteiger partial charge in [0.05, 0.1) is 5.56 Å². The Morgan fingerprint density at radius 3 is 2.71 bits per heavy atom. The van der Waals surface area contributed by atoms with E-state index in [9.17, 15) is 9.18 Å². The molecule has 0 atom stereocenters. The van der Waals surface area contributed by atoms with Crippen molar-refractivity contribution < 1.29 is 13.9 Å². The maximum Gasteiger partial charge on any atom is 0.257 e. The molecule has 0 unspecified atom stereocenters. The van der Waals surface area contributed by atoms with Gasteiger partial charge in [0, 0.05) is 24.0 Å². The molecule has 1 saturated carbocycles. The van der Waals surface area contributed by atoms with Crippen LogP contribution < -0.4 is 15.4 Å². The highest BCUT2D eigenvalue weighted by molar-refractivity contribution is 6.04. The fraction of sp³-hybridized carbons (Fsp3) is 0.182. The van der Waals surface area contributed by atoms with E-state index in [4.69, 9.17) is 4.74 Å². The summed E-state index contributed by atoms with van der Waals surface area (Å²) in [4.78, 5) is 16.7. The molecule has 5 nitrogen and oxygen atoms in total. The van der Waals surface area contributed by atoms with Crippen LogP contribution in [0.1, 0.15) is 28.8 Å². The van der Waals surface area contributed by atoms with Crippen molar-refractivity contribution in [3.63, 3.8) is 0 Å². The van der Waals surface area contributed by atoms with Crippen LogP contribution in [0.4, 0.5) is 15.9 Å². The van der Waals surface area contributed by atoms with Crippen molar-refractivity contribution in [2.45, 2.75) is 25.5 Å². The third kappa shape index (κ3) is 4.85. The molecule has 1 aromatic heterocycles. The fourth-order valence-electron chi connectivity index (χ4n) is 2.72. The number of hydrogen-bond donors (Lipinski definition) is 2. The van der Waals surface area contributed by atoms with Gasteiger partial charge in [-0.3, -0.25) is 4.79 Å². The zero-order chi connectivity index (χ0) is 19.3. The molecule has 1 amide bonds. The highest BCUT2D eigenvalue weighted by atomic mass is 19.1. The monoisotopic (exact) mass is 377 g/mol. The number of benzene rings is 2. The van der Waals surface area contributed by atoms with E-state index in [0.29, 0.717) is 23.0 Å². The summed E-state index contributed by atoms with van der Waals surface area (Å²) in [5.74, 6) is 0.676. The summed E-state index contributed by atoms with van der Waals surface area (Å²) in [6.45, 7) is 0.274. The molecule has 6 heteroatoms. The molecule has 2 N–H and O–H groups in total. The molecule has 28 heavy (non-hydrogen) atoms. The van der Waals surface area contributed by atoms with E-state index in [1.807, 2.05) is 24.3 Å². The smallest absolute Gasteiger partial charge is 0.257 e. The lowest BCUT2D eigenvalue weighted by Gasteiger charge is -2.10. The number of nitrogens with one attached hydrogen (secondary N) is 2. The molecule has 1 aliphatic carbocycles. The van der Waals surface area contributed by atoms with Gasteiger partial charge in [0.1, 0.15) is 24.0 Å². The number of hydrogen-bond acceptors (Lipinski definition) is 4. The molecule has 0 aliphatic heterocycles. The average Bonchev–Trinajstić information content (AvgIpc) is 3.51. The van der Waals surface area contributed by atoms with Crippen LogP contribution in [-0.2, 0) is 6.61 Å². The van der Waals surface area contributed by atoms with Crippen molar-refractivity contribution >= 4 is 17.4 Å². The highest BCUT2D eigenvalue weighted by Crippen LogP contribution is 2.23. The Hall–Kier alpha value is -3.41. The van der Waals surface area contributed by atoms with Gasteiger partial charge < -0.3 is 15.4 Å². The quantitative estimate of drug-likeness (QED) is 0.630. The number of pyridine rings is 1. The molecule has 1 aliphatic rings. The van der Waals surface area contributed by atoms with Gasteiger partial charge in [-0.2, -0.15) is 0 Å². The Bertz CT molecular complexity index is 972. The third-order valence-corrected chi connectivity index (χ3v) is 4.34. The van der Waals surface area contributed by atoms with Gasteiger partial charge in [-0.15, -0.1) is 0 Å². The van der Waals surface area contributed by atoms with Crippen molar-refractivity contribution in [3.05, 3.63) is 83.8 Å². The first-order valence-corrected chi connectivity index (χ1v) is 9.17. The van der Waals surface area contributed by atoms with Gasteiger partial charge in [-0.1, -0.05) is 18.2 Å². The number of nitrogens with zero attached hydrogens (tertiary/aromatic N) is 1. The maximum atomic E-state index is 13.2. The Kier molecular flexibility index (Phi) is 5.19. The fourth-order valence-corrected chi connectivity index (χ4v) is 2.72. The van der Waals surface area contributed by atoms with Crippen LogP contribution in [0.25, 0.3) is 0 Å². The molecule has 2 aromatic carbocycles. The molecular weight excluding hydrogens is 357 g/mol. The predicted molar refractivity (Wildman–Crippen MR) is 106 cm³/mol. The van der Waals surface area contributed by atoms with Crippen molar-refractivity contribution in [3.8, 4) is 5.75 Å². The standard InChI is InChI=1S/C22H20FN3O2/c23-17-4-2-6-20(12-17)28-14-15-3-1-5-19(11-15)26-22(27)16-7-10-21(24-13-16)25-18-8-9-18/h1-7,10-13,18H,8-9,14H2,(H,24,25)(H,26,27). The van der Waals surface area contributed by atoms with E-state index in [-0.39, 0.29) is 18.3 Å². The normalized spacial score (nSPS) is 13.0. The SMILES string of the molecule is O=C(Nc1cccc(COc2cccc(F)c2)c1)c1ccc(NC2CC2)nc1. The van der Waals surface area contributed by atoms with Gasteiger partial charge in [0.25, 0.3) is 5.91 Å². The Morgan fingerprint density at radius 1 is 1.11 bits per heavy atom. The molecule has 4 rings (SSSR count). The molecule has 1 fully saturated rings. The van der Waals surface area contributed by atoms with E-state index in [0.717, 1.165) is 11.4 Å². The minimum Gasteiger partial charge on any atom is -0.489 e. The van der Waals surface area contributed by atoms with Crippen LogP contribution >= 0.6 is 0 Å². The van der Waals surface area contributed by atoms with E-state index in [1.165, 1.54) is 25.0 Å². The minimum atomic E-state index is -0.342. The van der Waals surface area contributed by atoms with Crippen molar-refractivity contribution in [1.29, 1.82) is 0 Å². The van der Waals surface area contributed by atoms with Gasteiger partial charge in [-0.05, 0) is 54.8 Å². The van der Waals surface area contributed by atoms with Gasteiger partial charge >= 0.3 is 0 Å². The zero-order valence-corrected chi connectivity index (χ0v) is 15.2. The van der Waals surface area contributed by atoms with Gasteiger partial charge in [-0.25, -0.2) is 9.37 Å². The summed E-state index contributed by atoms with van der Waals surface area (Å²) >= 11 is 0. The Labute approximate surface area is 162 Å².